The monoisotopic (exact) mass is 566 g/mol. The van der Waals surface area contributed by atoms with Crippen LogP contribution in [0.25, 0.3) is 10.9 Å². The van der Waals surface area contributed by atoms with Crippen LogP contribution in [0.5, 0.6) is 0 Å². The molecule has 2 aliphatic carbocycles. The third kappa shape index (κ3) is 3.67. The number of aryl methyl sites for hydroxylation is 1. The Kier molecular flexibility index (Phi) is 5.57. The van der Waals surface area contributed by atoms with Gasteiger partial charge in [-0.2, -0.15) is 23.5 Å². The van der Waals surface area contributed by atoms with Crippen LogP contribution in [0.3, 0.4) is 0 Å². The predicted octanol–water partition coefficient (Wildman–Crippen LogP) is 3.56. The van der Waals surface area contributed by atoms with E-state index in [1.807, 2.05) is 32.9 Å². The van der Waals surface area contributed by atoms with E-state index < -0.39 is 47.1 Å². The highest BCUT2D eigenvalue weighted by molar-refractivity contribution is 5.95. The molecule has 12 heteroatoms. The Balaban J connectivity index is 1.24. The minimum Gasteiger partial charge on any atom is -0.338 e. The van der Waals surface area contributed by atoms with Crippen LogP contribution in [0, 0.1) is 34.5 Å². The third-order valence-electron chi connectivity index (χ3n) is 10.0. The van der Waals surface area contributed by atoms with Crippen LogP contribution in [0.2, 0.25) is 0 Å². The van der Waals surface area contributed by atoms with E-state index in [1.165, 1.54) is 11.8 Å². The third-order valence-corrected chi connectivity index (χ3v) is 10.0. The van der Waals surface area contributed by atoms with Crippen LogP contribution in [-0.2, 0) is 22.2 Å². The number of hydrogen-bond acceptors (Lipinski definition) is 5. The maximum atomic E-state index is 13.8. The lowest BCUT2D eigenvalue weighted by atomic mass is 9.80. The first-order valence-corrected chi connectivity index (χ1v) is 13.4. The molecular weight excluding hydrogens is 537 g/mol. The van der Waals surface area contributed by atoms with Gasteiger partial charge in [-0.15, -0.1) is 0 Å². The van der Waals surface area contributed by atoms with E-state index in [2.05, 4.69) is 26.6 Å². The number of fused-ring (bicyclic) bond motifs is 1. The minimum atomic E-state index is -4.66. The average Bonchev–Trinajstić information content (AvgIpc) is 3.40. The van der Waals surface area contributed by atoms with Gasteiger partial charge in [0.15, 0.2) is 5.69 Å². The van der Waals surface area contributed by atoms with Crippen molar-refractivity contribution in [3.63, 3.8) is 0 Å². The first-order chi connectivity index (χ1) is 19.2. The van der Waals surface area contributed by atoms with E-state index in [4.69, 9.17) is 0 Å². The van der Waals surface area contributed by atoms with Gasteiger partial charge in [-0.05, 0) is 55.3 Å². The molecule has 1 aliphatic heterocycles. The number of nitrogens with one attached hydrogen (secondary N) is 3. The molecule has 3 aliphatic rings. The number of halogens is 3. The number of pyridine rings is 1. The number of H-pyrrole nitrogens is 2. The summed E-state index contributed by atoms with van der Waals surface area (Å²) in [6, 6.07) is 8.26. The lowest BCUT2D eigenvalue weighted by Gasteiger charge is -2.40. The summed E-state index contributed by atoms with van der Waals surface area (Å²) in [5, 5.41) is 19.1. The van der Waals surface area contributed by atoms with E-state index in [1.54, 1.807) is 12.1 Å². The van der Waals surface area contributed by atoms with Crippen LogP contribution in [0.4, 0.5) is 13.2 Å². The summed E-state index contributed by atoms with van der Waals surface area (Å²) >= 11 is 0. The van der Waals surface area contributed by atoms with Gasteiger partial charge < -0.3 is 15.2 Å². The molecule has 2 saturated carbocycles. The lowest BCUT2D eigenvalue weighted by molar-refractivity contribution is -0.144. The molecule has 0 spiro atoms. The van der Waals surface area contributed by atoms with Gasteiger partial charge in [0.05, 0.1) is 12.0 Å². The van der Waals surface area contributed by atoms with Gasteiger partial charge in [-0.3, -0.25) is 19.5 Å². The number of piperidine rings is 2. The highest BCUT2D eigenvalue weighted by Gasteiger charge is 3.02. The second kappa shape index (κ2) is 8.44. The zero-order chi connectivity index (χ0) is 29.7. The summed E-state index contributed by atoms with van der Waals surface area (Å²) in [6.45, 7) is 7.81. The maximum absolute atomic E-state index is 13.8. The molecule has 2 amide bonds. The number of aromatic amines is 2. The molecule has 5 atom stereocenters. The van der Waals surface area contributed by atoms with Crippen molar-refractivity contribution in [1.82, 2.24) is 25.4 Å². The van der Waals surface area contributed by atoms with Crippen LogP contribution in [0.15, 0.2) is 35.1 Å². The highest BCUT2D eigenvalue weighted by Crippen LogP contribution is 3.00. The average molecular weight is 567 g/mol. The summed E-state index contributed by atoms with van der Waals surface area (Å²) in [4.78, 5) is 44.4. The molecule has 0 bridgehead atoms. The summed E-state index contributed by atoms with van der Waals surface area (Å²) in [5.74, 6) is -1.98. The van der Waals surface area contributed by atoms with Crippen LogP contribution in [-0.4, -0.2) is 50.5 Å². The largest absolute Gasteiger partial charge is 0.435 e. The number of alkyl halides is 3. The van der Waals surface area contributed by atoms with E-state index in [0.29, 0.717) is 17.6 Å². The van der Waals surface area contributed by atoms with Gasteiger partial charge in [0.1, 0.15) is 12.1 Å². The van der Waals surface area contributed by atoms with E-state index in [9.17, 15) is 32.8 Å². The van der Waals surface area contributed by atoms with Crippen molar-refractivity contribution in [2.75, 3.05) is 6.54 Å². The smallest absolute Gasteiger partial charge is 0.338 e. The fraction of sp³-hybridized carbons (Fsp3) is 0.483. The summed E-state index contributed by atoms with van der Waals surface area (Å²) in [6.07, 6.45) is -3.93. The number of carbonyl (C=O) groups is 2. The topological polar surface area (TPSA) is 135 Å². The fourth-order valence-corrected chi connectivity index (χ4v) is 7.48. The molecule has 0 radical (unpaired) electrons. The number of likely N-dealkylation sites (tertiary alicyclic amines) is 1. The number of amides is 2. The number of nitrogens with zero attached hydrogens (tertiary/aromatic N) is 3. The van der Waals surface area contributed by atoms with Gasteiger partial charge in [-0.1, -0.05) is 25.5 Å². The molecular formula is C29H29F3N6O3. The molecule has 3 N–H and O–H groups in total. The van der Waals surface area contributed by atoms with E-state index in [-0.39, 0.29) is 28.5 Å². The zero-order valence-electron chi connectivity index (χ0n) is 22.9. The molecule has 1 saturated heterocycles. The molecule has 2 unspecified atom stereocenters. The first kappa shape index (κ1) is 27.1. The molecule has 41 heavy (non-hydrogen) atoms. The fourth-order valence-electron chi connectivity index (χ4n) is 7.48. The van der Waals surface area contributed by atoms with Gasteiger partial charge >= 0.3 is 6.18 Å². The van der Waals surface area contributed by atoms with Crippen LogP contribution in [0.1, 0.15) is 55.6 Å². The number of hydrogen-bond donors (Lipinski definition) is 3. The normalized spacial score (nSPS) is 27.0. The molecule has 9 nitrogen and oxygen atoms in total. The Morgan fingerprint density at radius 2 is 2.00 bits per heavy atom. The number of aromatic nitrogens is 3. The maximum Gasteiger partial charge on any atom is 0.435 e. The molecule has 1 aromatic carbocycles. The van der Waals surface area contributed by atoms with Crippen molar-refractivity contribution >= 4 is 22.7 Å². The SMILES string of the molecule is Cc1ccc2[nH]c(=O)c(C[C@@H](C#N)NC(=O)[C@H]3N(C(=O)C(C)c4cc(C(F)(F)F)n[nH]4)CC45C[C@@]34C5(C)C)cc2c1. The van der Waals surface area contributed by atoms with Crippen molar-refractivity contribution in [2.45, 2.75) is 64.7 Å². The van der Waals surface area contributed by atoms with Gasteiger partial charge in [-0.25, -0.2) is 0 Å². The molecule has 3 fully saturated rings. The number of carbonyl (C=O) groups excluding carboxylic acids is 2. The molecule has 2 aromatic heterocycles. The Bertz CT molecular complexity index is 1720. The zero-order valence-corrected chi connectivity index (χ0v) is 22.9. The van der Waals surface area contributed by atoms with Crippen LogP contribution < -0.4 is 10.9 Å². The van der Waals surface area contributed by atoms with Crippen molar-refractivity contribution < 1.29 is 22.8 Å². The highest BCUT2D eigenvalue weighted by atomic mass is 19.4. The Hall–Kier alpha value is -4.14. The minimum absolute atomic E-state index is 0.00524. The molecule has 6 rings (SSSR count). The van der Waals surface area contributed by atoms with Crippen molar-refractivity contribution in [1.29, 1.82) is 5.26 Å². The van der Waals surface area contributed by atoms with E-state index >= 15 is 0 Å². The number of rotatable bonds is 6. The van der Waals surface area contributed by atoms with Crippen molar-refractivity contribution in [3.05, 3.63) is 63.2 Å². The predicted molar refractivity (Wildman–Crippen MR) is 141 cm³/mol. The van der Waals surface area contributed by atoms with E-state index in [0.717, 1.165) is 23.4 Å². The standard InChI is InChI=1S/C29H29F3N6O3/c1-14-5-6-19-16(7-14)8-17(23(39)35-19)9-18(11-33)34-24(40)22-28-12-27(28,26(28,3)4)13-38(22)25(41)15(2)20-10-21(37-36-20)29(30,31)32/h5-8,10,15,18,22H,9,12-13H2,1-4H3,(H,34,40)(H,35,39)(H,36,37)/t15?,18-,22+,27?,28-/m0/s1. The Morgan fingerprint density at radius 1 is 1.27 bits per heavy atom. The van der Waals surface area contributed by atoms with Crippen molar-refractivity contribution in [3.8, 4) is 6.07 Å². The van der Waals surface area contributed by atoms with Gasteiger partial charge in [0.2, 0.25) is 11.8 Å². The molecule has 214 valence electrons. The Morgan fingerprint density at radius 3 is 2.63 bits per heavy atom. The molecule has 3 heterocycles. The lowest BCUT2D eigenvalue weighted by Crippen LogP contribution is -2.57. The Labute approximate surface area is 233 Å². The van der Waals surface area contributed by atoms with Crippen LogP contribution >= 0.6 is 0 Å². The summed E-state index contributed by atoms with van der Waals surface area (Å²) in [7, 11) is 0. The quantitative estimate of drug-likeness (QED) is 0.420. The second-order valence-corrected chi connectivity index (χ2v) is 12.3. The van der Waals surface area contributed by atoms with Crippen molar-refractivity contribution in [2.24, 2.45) is 16.2 Å². The summed E-state index contributed by atoms with van der Waals surface area (Å²) < 4.78 is 39.3. The second-order valence-electron chi connectivity index (χ2n) is 12.3. The van der Waals surface area contributed by atoms with Gasteiger partial charge in [0.25, 0.3) is 5.56 Å². The number of nitriles is 1. The first-order valence-electron chi connectivity index (χ1n) is 13.4. The molecule has 3 aromatic rings. The van der Waals surface area contributed by atoms with Gasteiger partial charge in [0, 0.05) is 40.6 Å². The number of benzene rings is 1. The summed E-state index contributed by atoms with van der Waals surface area (Å²) in [5.41, 5.74) is -0.360.